The van der Waals surface area contributed by atoms with Gasteiger partial charge in [0.1, 0.15) is 17.7 Å². The molecule has 1 fully saturated rings. The average molecular weight is 557 g/mol. The fraction of sp³-hybridized carbons (Fsp3) is 0.360. The van der Waals surface area contributed by atoms with Crippen LogP contribution >= 0.6 is 24.8 Å². The molecule has 1 aliphatic rings. The van der Waals surface area contributed by atoms with E-state index in [-0.39, 0.29) is 49.1 Å². The van der Waals surface area contributed by atoms with Gasteiger partial charge in [0.25, 0.3) is 0 Å². The van der Waals surface area contributed by atoms with Crippen LogP contribution in [0.15, 0.2) is 54.6 Å². The lowest BCUT2D eigenvalue weighted by Gasteiger charge is -2.32. The third-order valence-electron chi connectivity index (χ3n) is 5.82. The van der Waals surface area contributed by atoms with Gasteiger partial charge in [-0.1, -0.05) is 30.4 Å². The zero-order valence-electron chi connectivity index (χ0n) is 20.5. The Hall–Kier alpha value is -2.75. The van der Waals surface area contributed by atoms with Crippen molar-refractivity contribution in [1.82, 2.24) is 4.90 Å². The van der Waals surface area contributed by atoms with Crippen molar-refractivity contribution in [2.45, 2.75) is 32.8 Å². The van der Waals surface area contributed by atoms with Gasteiger partial charge < -0.3 is 15.4 Å². The van der Waals surface area contributed by atoms with Gasteiger partial charge in [0.15, 0.2) is 0 Å². The molecule has 1 aliphatic heterocycles. The number of nitrogens with two attached hydrogens (primary N) is 1. The van der Waals surface area contributed by atoms with E-state index in [0.717, 1.165) is 31.5 Å². The molecule has 2 aromatic rings. The minimum absolute atomic E-state index is 0. The molecule has 2 aromatic carbocycles. The third-order valence-corrected chi connectivity index (χ3v) is 7.58. The minimum Gasteiger partial charge on any atom is -0.490 e. The number of piperidine rings is 1. The predicted octanol–water partition coefficient (Wildman–Crippen LogP) is 4.52. The van der Waals surface area contributed by atoms with Crippen molar-refractivity contribution >= 4 is 58.3 Å². The lowest BCUT2D eigenvalue weighted by Crippen LogP contribution is -2.40. The number of nitrogen functional groups attached to an aromatic ring is 1. The molecule has 0 bridgehead atoms. The predicted molar refractivity (Wildman–Crippen MR) is 153 cm³/mol. The number of halogens is 2. The zero-order valence-corrected chi connectivity index (χ0v) is 23.0. The maximum atomic E-state index is 12.8. The summed E-state index contributed by atoms with van der Waals surface area (Å²) in [6.07, 6.45) is 5.40. The van der Waals surface area contributed by atoms with Crippen molar-refractivity contribution in [1.29, 1.82) is 10.8 Å². The Kier molecular flexibility index (Phi) is 12.3. The molecule has 0 aliphatic carbocycles. The molecule has 0 atom stereocenters. The highest BCUT2D eigenvalue weighted by Gasteiger charge is 2.22. The Morgan fingerprint density at radius 1 is 1.14 bits per heavy atom. The summed E-state index contributed by atoms with van der Waals surface area (Å²) in [5.74, 6) is 1.27. The summed E-state index contributed by atoms with van der Waals surface area (Å²) >= 11 is 0. The molecule has 1 heterocycles. The molecule has 0 aromatic heterocycles. The topological polar surface area (TPSA) is 124 Å². The van der Waals surface area contributed by atoms with Crippen LogP contribution in [0.1, 0.15) is 37.8 Å². The molecular weight excluding hydrogens is 521 g/mol. The first-order valence-corrected chi connectivity index (χ1v) is 13.0. The molecule has 4 N–H and O–H groups in total. The first-order chi connectivity index (χ1) is 16.2. The number of benzene rings is 2. The molecule has 198 valence electrons. The second kappa shape index (κ2) is 14.1. The minimum atomic E-state index is -3.48. The number of hydrogen-bond donors (Lipinski definition) is 3. The number of hydrogen-bond acceptors (Lipinski definition) is 5. The van der Waals surface area contributed by atoms with Gasteiger partial charge in [0.2, 0.25) is 10.0 Å². The summed E-state index contributed by atoms with van der Waals surface area (Å²) in [6, 6.07) is 14.4. The van der Waals surface area contributed by atoms with E-state index in [0.29, 0.717) is 22.8 Å². The van der Waals surface area contributed by atoms with Crippen LogP contribution in [0.2, 0.25) is 0 Å². The Morgan fingerprint density at radius 2 is 1.78 bits per heavy atom. The lowest BCUT2D eigenvalue weighted by molar-refractivity contribution is 0.130. The molecule has 0 radical (unpaired) electrons. The van der Waals surface area contributed by atoms with E-state index in [4.69, 9.17) is 21.3 Å². The highest BCUT2D eigenvalue weighted by atomic mass is 35.5. The van der Waals surface area contributed by atoms with Crippen LogP contribution in [0.3, 0.4) is 0 Å². The van der Waals surface area contributed by atoms with Crippen LogP contribution in [0.25, 0.3) is 6.08 Å². The third kappa shape index (κ3) is 8.43. The van der Waals surface area contributed by atoms with E-state index < -0.39 is 10.0 Å². The molecule has 0 unspecified atom stereocenters. The van der Waals surface area contributed by atoms with Gasteiger partial charge in [-0.15, -0.1) is 24.8 Å². The Labute approximate surface area is 226 Å². The molecule has 0 amide bonds. The summed E-state index contributed by atoms with van der Waals surface area (Å²) in [4.78, 5) is 2.04. The van der Waals surface area contributed by atoms with Crippen LogP contribution in [0.4, 0.5) is 5.69 Å². The van der Waals surface area contributed by atoms with Crippen molar-refractivity contribution in [3.8, 4) is 5.75 Å². The monoisotopic (exact) mass is 555 g/mol. The molecule has 1 saturated heterocycles. The standard InChI is InChI=1S/C25H33N5O3S.2ClH/c1-3-34(31,32)30(15-5-7-20-6-4-8-21(18-20)25(27)28)22-9-11-23(12-10-22)33-24-13-16-29(17-14-24)19(2)26;;/h4-12,18,24,26H,3,13-17H2,1-2H3,(H3,27,28);2*1H/b7-5-,26-19?;;. The molecule has 36 heavy (non-hydrogen) atoms. The Balaban J connectivity index is 0.00000324. The SMILES string of the molecule is CCS(=O)(=O)N(C/C=C\c1cccc(C(=N)N)c1)c1ccc(OC2CCN(C(C)=N)CC2)cc1.Cl.Cl. The van der Waals surface area contributed by atoms with Crippen LogP contribution in [0, 0.1) is 10.8 Å². The van der Waals surface area contributed by atoms with Crippen molar-refractivity contribution in [2.24, 2.45) is 5.73 Å². The molecule has 0 saturated carbocycles. The smallest absolute Gasteiger partial charge is 0.235 e. The van der Waals surface area contributed by atoms with Crippen LogP contribution in [0.5, 0.6) is 5.75 Å². The van der Waals surface area contributed by atoms with E-state index in [2.05, 4.69) is 0 Å². The van der Waals surface area contributed by atoms with Crippen molar-refractivity contribution in [2.75, 3.05) is 29.7 Å². The first kappa shape index (κ1) is 31.3. The number of anilines is 1. The zero-order chi connectivity index (χ0) is 24.7. The average Bonchev–Trinajstić information content (AvgIpc) is 2.83. The van der Waals surface area contributed by atoms with E-state index in [1.807, 2.05) is 35.2 Å². The van der Waals surface area contributed by atoms with Crippen molar-refractivity contribution < 1.29 is 13.2 Å². The fourth-order valence-corrected chi connectivity index (χ4v) is 4.89. The number of rotatable bonds is 9. The molecule has 8 nitrogen and oxygen atoms in total. The normalized spacial score (nSPS) is 14.0. The van der Waals surface area contributed by atoms with Gasteiger partial charge in [-0.25, -0.2) is 8.42 Å². The van der Waals surface area contributed by atoms with E-state index in [1.165, 1.54) is 4.31 Å². The second-order valence-electron chi connectivity index (χ2n) is 8.26. The van der Waals surface area contributed by atoms with E-state index in [9.17, 15) is 8.42 Å². The van der Waals surface area contributed by atoms with E-state index in [1.54, 1.807) is 44.2 Å². The highest BCUT2D eigenvalue weighted by Crippen LogP contribution is 2.25. The Bertz CT molecular complexity index is 1150. The number of sulfonamides is 1. The summed E-state index contributed by atoms with van der Waals surface area (Å²) in [7, 11) is -3.48. The van der Waals surface area contributed by atoms with Crippen molar-refractivity contribution in [3.05, 3.63) is 65.7 Å². The van der Waals surface area contributed by atoms with Crippen molar-refractivity contribution in [3.63, 3.8) is 0 Å². The summed E-state index contributed by atoms with van der Waals surface area (Å²) in [6.45, 7) is 5.23. The molecule has 11 heteroatoms. The first-order valence-electron chi connectivity index (χ1n) is 11.4. The summed E-state index contributed by atoms with van der Waals surface area (Å²) in [5, 5.41) is 15.3. The van der Waals surface area contributed by atoms with Crippen LogP contribution in [-0.2, 0) is 10.0 Å². The number of nitrogens with one attached hydrogen (secondary N) is 2. The second-order valence-corrected chi connectivity index (χ2v) is 10.4. The van der Waals surface area contributed by atoms with Crippen LogP contribution < -0.4 is 14.8 Å². The molecular formula is C25H35Cl2N5O3S. The van der Waals surface area contributed by atoms with Gasteiger partial charge in [-0.2, -0.15) is 0 Å². The van der Waals surface area contributed by atoms with Gasteiger partial charge in [-0.05, 0) is 49.7 Å². The van der Waals surface area contributed by atoms with Gasteiger partial charge >= 0.3 is 0 Å². The number of nitrogens with zero attached hydrogens (tertiary/aromatic N) is 2. The maximum Gasteiger partial charge on any atom is 0.235 e. The van der Waals surface area contributed by atoms with E-state index >= 15 is 0 Å². The maximum absolute atomic E-state index is 12.8. The van der Waals surface area contributed by atoms with Crippen LogP contribution in [-0.4, -0.2) is 56.5 Å². The van der Waals surface area contributed by atoms with Gasteiger partial charge in [0, 0.05) is 31.5 Å². The number of likely N-dealkylation sites (tertiary alicyclic amines) is 1. The number of ether oxygens (including phenoxy) is 1. The summed E-state index contributed by atoms with van der Waals surface area (Å²) < 4.78 is 33.0. The highest BCUT2D eigenvalue weighted by molar-refractivity contribution is 7.92. The summed E-state index contributed by atoms with van der Waals surface area (Å²) in [5.41, 5.74) is 7.59. The fourth-order valence-electron chi connectivity index (χ4n) is 3.82. The number of amidine groups is 2. The molecule has 3 rings (SSSR count). The van der Waals surface area contributed by atoms with Gasteiger partial charge in [-0.3, -0.25) is 15.1 Å². The largest absolute Gasteiger partial charge is 0.490 e. The molecule has 0 spiro atoms. The van der Waals surface area contributed by atoms with Gasteiger partial charge in [0.05, 0.1) is 23.8 Å². The lowest BCUT2D eigenvalue weighted by atomic mass is 10.1. The Morgan fingerprint density at radius 3 is 2.33 bits per heavy atom. The quantitative estimate of drug-likeness (QED) is 0.310.